The molecule has 19 heavy (non-hydrogen) atoms. The van der Waals surface area contributed by atoms with Gasteiger partial charge in [0.15, 0.2) is 0 Å². The van der Waals surface area contributed by atoms with E-state index in [4.69, 9.17) is 4.74 Å². The van der Waals surface area contributed by atoms with Crippen molar-refractivity contribution in [1.82, 2.24) is 5.32 Å². The average molecular weight is 259 g/mol. The molecule has 0 saturated carbocycles. The Kier molecular flexibility index (Phi) is 4.53. The average Bonchev–Trinajstić information content (AvgIpc) is 2.45. The van der Waals surface area contributed by atoms with Crippen molar-refractivity contribution >= 4 is 0 Å². The number of methoxy groups -OCH3 is 1. The SMILES string of the molecule is CNC(Cc1ccc(OC)cc1)c1cccc(F)c1. The lowest BCUT2D eigenvalue weighted by Crippen LogP contribution is -2.18. The highest BCUT2D eigenvalue weighted by atomic mass is 19.1. The molecule has 1 N–H and O–H groups in total. The Morgan fingerprint density at radius 3 is 2.47 bits per heavy atom. The van der Waals surface area contributed by atoms with E-state index in [1.807, 2.05) is 37.4 Å². The molecule has 2 aromatic carbocycles. The molecule has 1 atom stereocenters. The Morgan fingerprint density at radius 1 is 1.16 bits per heavy atom. The molecule has 1 unspecified atom stereocenters. The summed E-state index contributed by atoms with van der Waals surface area (Å²) in [6.07, 6.45) is 0.809. The van der Waals surface area contributed by atoms with Crippen LogP contribution in [-0.2, 0) is 6.42 Å². The Balaban J connectivity index is 2.14. The summed E-state index contributed by atoms with van der Waals surface area (Å²) < 4.78 is 18.4. The van der Waals surface area contributed by atoms with Crippen LogP contribution in [0.2, 0.25) is 0 Å². The molecule has 3 heteroatoms. The van der Waals surface area contributed by atoms with Crippen LogP contribution in [0.3, 0.4) is 0 Å². The van der Waals surface area contributed by atoms with Crippen LogP contribution in [0.1, 0.15) is 17.2 Å². The molecule has 0 heterocycles. The van der Waals surface area contributed by atoms with Crippen molar-refractivity contribution in [2.75, 3.05) is 14.2 Å². The summed E-state index contributed by atoms with van der Waals surface area (Å²) in [5.74, 6) is 0.642. The summed E-state index contributed by atoms with van der Waals surface area (Å²) in [4.78, 5) is 0. The van der Waals surface area contributed by atoms with Gasteiger partial charge in [-0.25, -0.2) is 4.39 Å². The first-order chi connectivity index (χ1) is 9.22. The Hall–Kier alpha value is -1.87. The van der Waals surface area contributed by atoms with Crippen molar-refractivity contribution in [3.63, 3.8) is 0 Å². The van der Waals surface area contributed by atoms with Gasteiger partial charge in [0.05, 0.1) is 7.11 Å². The third-order valence-corrected chi connectivity index (χ3v) is 3.20. The predicted octanol–water partition coefficient (Wildman–Crippen LogP) is 3.34. The first kappa shape index (κ1) is 13.6. The van der Waals surface area contributed by atoms with E-state index < -0.39 is 0 Å². The second kappa shape index (κ2) is 6.34. The number of ether oxygens (including phenoxy) is 1. The molecule has 0 aliphatic heterocycles. The maximum absolute atomic E-state index is 13.3. The molecule has 2 nitrogen and oxygen atoms in total. The van der Waals surface area contributed by atoms with Gasteiger partial charge < -0.3 is 10.1 Å². The number of likely N-dealkylation sites (N-methyl/N-ethyl adjacent to an activating group) is 1. The zero-order valence-corrected chi connectivity index (χ0v) is 11.2. The van der Waals surface area contributed by atoms with Crippen LogP contribution in [0.15, 0.2) is 48.5 Å². The van der Waals surface area contributed by atoms with Crippen molar-refractivity contribution in [2.45, 2.75) is 12.5 Å². The first-order valence-electron chi connectivity index (χ1n) is 6.28. The van der Waals surface area contributed by atoms with Crippen molar-refractivity contribution in [3.05, 3.63) is 65.5 Å². The van der Waals surface area contributed by atoms with E-state index >= 15 is 0 Å². The Bertz CT molecular complexity index is 525. The minimum absolute atomic E-state index is 0.101. The zero-order chi connectivity index (χ0) is 13.7. The normalized spacial score (nSPS) is 12.2. The highest BCUT2D eigenvalue weighted by molar-refractivity contribution is 5.29. The van der Waals surface area contributed by atoms with E-state index in [0.29, 0.717) is 0 Å². The summed E-state index contributed by atoms with van der Waals surface area (Å²) in [7, 11) is 3.54. The molecule has 0 amide bonds. The van der Waals surface area contributed by atoms with Crippen LogP contribution in [0.25, 0.3) is 0 Å². The van der Waals surface area contributed by atoms with Crippen LogP contribution in [0.5, 0.6) is 5.75 Å². The number of rotatable bonds is 5. The van der Waals surface area contributed by atoms with Crippen LogP contribution in [0, 0.1) is 5.82 Å². The van der Waals surface area contributed by atoms with Gasteiger partial charge in [0.2, 0.25) is 0 Å². The van der Waals surface area contributed by atoms with E-state index in [1.54, 1.807) is 19.2 Å². The number of hydrogen-bond donors (Lipinski definition) is 1. The van der Waals surface area contributed by atoms with Gasteiger partial charge in [0.1, 0.15) is 11.6 Å². The standard InChI is InChI=1S/C16H18FNO/c1-18-16(13-4-3-5-14(17)11-13)10-12-6-8-15(19-2)9-7-12/h3-9,11,16,18H,10H2,1-2H3. The van der Waals surface area contributed by atoms with Crippen LogP contribution < -0.4 is 10.1 Å². The first-order valence-corrected chi connectivity index (χ1v) is 6.28. The van der Waals surface area contributed by atoms with Crippen molar-refractivity contribution in [3.8, 4) is 5.75 Å². The van der Waals surface area contributed by atoms with Gasteiger partial charge in [0, 0.05) is 6.04 Å². The van der Waals surface area contributed by atoms with E-state index in [9.17, 15) is 4.39 Å². The van der Waals surface area contributed by atoms with Gasteiger partial charge in [-0.3, -0.25) is 0 Å². The second-order valence-corrected chi connectivity index (χ2v) is 4.45. The number of nitrogens with one attached hydrogen (secondary N) is 1. The van der Waals surface area contributed by atoms with Crippen molar-refractivity contribution < 1.29 is 9.13 Å². The van der Waals surface area contributed by atoms with Gasteiger partial charge in [-0.1, -0.05) is 24.3 Å². The molecular formula is C16H18FNO. The zero-order valence-electron chi connectivity index (χ0n) is 11.2. The van der Waals surface area contributed by atoms with Crippen LogP contribution in [0.4, 0.5) is 4.39 Å². The van der Waals surface area contributed by atoms with Gasteiger partial charge in [0.25, 0.3) is 0 Å². The molecule has 0 fully saturated rings. The highest BCUT2D eigenvalue weighted by Gasteiger charge is 2.10. The van der Waals surface area contributed by atoms with Crippen LogP contribution in [-0.4, -0.2) is 14.2 Å². The molecule has 0 spiro atoms. The van der Waals surface area contributed by atoms with Gasteiger partial charge in [-0.2, -0.15) is 0 Å². The fourth-order valence-corrected chi connectivity index (χ4v) is 2.11. The minimum Gasteiger partial charge on any atom is -0.497 e. The summed E-state index contributed by atoms with van der Waals surface area (Å²) in [6.45, 7) is 0. The second-order valence-electron chi connectivity index (χ2n) is 4.45. The molecule has 0 bridgehead atoms. The largest absolute Gasteiger partial charge is 0.497 e. The number of halogens is 1. The summed E-state index contributed by atoms with van der Waals surface area (Å²) >= 11 is 0. The Morgan fingerprint density at radius 2 is 1.89 bits per heavy atom. The third kappa shape index (κ3) is 3.55. The molecule has 100 valence electrons. The fraction of sp³-hybridized carbons (Fsp3) is 0.250. The van der Waals surface area contributed by atoms with Crippen molar-refractivity contribution in [1.29, 1.82) is 0 Å². The quantitative estimate of drug-likeness (QED) is 0.889. The van der Waals surface area contributed by atoms with E-state index in [2.05, 4.69) is 5.32 Å². The maximum atomic E-state index is 13.3. The van der Waals surface area contributed by atoms with Crippen molar-refractivity contribution in [2.24, 2.45) is 0 Å². The molecule has 0 radical (unpaired) electrons. The summed E-state index contributed by atoms with van der Waals surface area (Å²) in [5.41, 5.74) is 2.14. The highest BCUT2D eigenvalue weighted by Crippen LogP contribution is 2.20. The molecule has 2 aromatic rings. The molecule has 0 saturated heterocycles. The Labute approximate surface area is 113 Å². The summed E-state index contributed by atoms with van der Waals surface area (Å²) in [5, 5.41) is 3.22. The van der Waals surface area contributed by atoms with E-state index in [-0.39, 0.29) is 11.9 Å². The molecule has 0 aliphatic carbocycles. The van der Waals surface area contributed by atoms with Gasteiger partial charge >= 0.3 is 0 Å². The van der Waals surface area contributed by atoms with E-state index in [1.165, 1.54) is 11.6 Å². The minimum atomic E-state index is -0.201. The van der Waals surface area contributed by atoms with E-state index in [0.717, 1.165) is 17.7 Å². The maximum Gasteiger partial charge on any atom is 0.123 e. The monoisotopic (exact) mass is 259 g/mol. The summed E-state index contributed by atoms with van der Waals surface area (Å²) in [6, 6.07) is 14.8. The smallest absolute Gasteiger partial charge is 0.123 e. The number of hydrogen-bond acceptors (Lipinski definition) is 2. The lowest BCUT2D eigenvalue weighted by atomic mass is 9.99. The topological polar surface area (TPSA) is 21.3 Å². The molecular weight excluding hydrogens is 241 g/mol. The molecule has 2 rings (SSSR count). The predicted molar refractivity (Wildman–Crippen MR) is 74.9 cm³/mol. The van der Waals surface area contributed by atoms with Gasteiger partial charge in [-0.15, -0.1) is 0 Å². The molecule has 0 aromatic heterocycles. The third-order valence-electron chi connectivity index (χ3n) is 3.20. The lowest BCUT2D eigenvalue weighted by Gasteiger charge is -2.17. The van der Waals surface area contributed by atoms with Gasteiger partial charge in [-0.05, 0) is 48.9 Å². The number of benzene rings is 2. The lowest BCUT2D eigenvalue weighted by molar-refractivity contribution is 0.414. The fourth-order valence-electron chi connectivity index (χ4n) is 2.11. The molecule has 0 aliphatic rings. The van der Waals surface area contributed by atoms with Crippen LogP contribution >= 0.6 is 0 Å².